The van der Waals surface area contributed by atoms with Crippen LogP contribution in [-0.4, -0.2) is 27.2 Å². The van der Waals surface area contributed by atoms with E-state index in [4.69, 9.17) is 41.6 Å². The van der Waals surface area contributed by atoms with Crippen LogP contribution in [0, 0.1) is 0 Å². The van der Waals surface area contributed by atoms with Crippen LogP contribution < -0.4 is 19.9 Å². The monoisotopic (exact) mass is 643 g/mol. The molecular weight excluding hydrogens is 613 g/mol. The van der Waals surface area contributed by atoms with Gasteiger partial charge in [-0.2, -0.15) is 0 Å². The molecule has 43 heavy (non-hydrogen) atoms. The highest BCUT2D eigenvalue weighted by atomic mass is 35.5. The minimum atomic E-state index is -0.861. The van der Waals surface area contributed by atoms with E-state index >= 15 is 0 Å². The maximum atomic E-state index is 11.1. The van der Waals surface area contributed by atoms with Crippen molar-refractivity contribution in [2.75, 3.05) is 12.3 Å². The third-order valence-corrected chi connectivity index (χ3v) is 6.86. The number of hydrogen-bond donors (Lipinski definition) is 2. The smallest absolute Gasteiger partial charge is 0.303 e. The number of anilines is 1. The van der Waals surface area contributed by atoms with Crippen LogP contribution in [0.5, 0.6) is 23.0 Å². The number of nitrogens with zero attached hydrogens (tertiary/aromatic N) is 2. The second-order valence-electron chi connectivity index (χ2n) is 9.59. The summed E-state index contributed by atoms with van der Waals surface area (Å²) in [4.78, 5) is 15.9. The summed E-state index contributed by atoms with van der Waals surface area (Å²) < 4.78 is 20.1. The average molecular weight is 645 g/mol. The maximum absolute atomic E-state index is 11.1. The zero-order valence-corrected chi connectivity index (χ0v) is 25.8. The Balaban J connectivity index is 0.00000253. The number of aryl methyl sites for hydroxylation is 2. The van der Waals surface area contributed by atoms with Crippen LogP contribution in [0.1, 0.15) is 23.4 Å². The van der Waals surface area contributed by atoms with Crippen LogP contribution in [0.2, 0.25) is 5.02 Å². The molecule has 0 bridgehead atoms. The van der Waals surface area contributed by atoms with Gasteiger partial charge in [-0.3, -0.25) is 4.79 Å². The largest absolute Gasteiger partial charge is 0.493 e. The van der Waals surface area contributed by atoms with Crippen LogP contribution in [0.15, 0.2) is 84.9 Å². The number of nitrogen functional groups attached to an aromatic ring is 1. The molecule has 0 atom stereocenters. The average Bonchev–Trinajstić information content (AvgIpc) is 3.27. The van der Waals surface area contributed by atoms with Gasteiger partial charge in [-0.1, -0.05) is 29.8 Å². The number of benzene rings is 4. The second kappa shape index (κ2) is 15.4. The molecule has 11 heteroatoms. The minimum Gasteiger partial charge on any atom is -0.493 e. The van der Waals surface area contributed by atoms with E-state index in [-0.39, 0.29) is 31.2 Å². The molecule has 5 rings (SSSR count). The first kappa shape index (κ1) is 33.4. The normalized spacial score (nSPS) is 10.5. The molecular formula is C32H32Cl3N3O5. The summed E-state index contributed by atoms with van der Waals surface area (Å²) in [5.41, 5.74) is 10.0. The Labute approximate surface area is 267 Å². The van der Waals surface area contributed by atoms with Gasteiger partial charge in [0.1, 0.15) is 35.4 Å². The van der Waals surface area contributed by atoms with Gasteiger partial charge in [-0.15, -0.1) is 24.8 Å². The Morgan fingerprint density at radius 2 is 1.58 bits per heavy atom. The van der Waals surface area contributed by atoms with Crippen molar-refractivity contribution in [1.82, 2.24) is 9.55 Å². The van der Waals surface area contributed by atoms with E-state index in [9.17, 15) is 4.79 Å². The van der Waals surface area contributed by atoms with Crippen LogP contribution in [0.25, 0.3) is 11.0 Å². The molecule has 0 aliphatic carbocycles. The van der Waals surface area contributed by atoms with Crippen molar-refractivity contribution in [3.05, 3.63) is 107 Å². The predicted octanol–water partition coefficient (Wildman–Crippen LogP) is 7.66. The summed E-state index contributed by atoms with van der Waals surface area (Å²) in [6, 6.07) is 25.9. The zero-order valence-electron chi connectivity index (χ0n) is 23.4. The fourth-order valence-electron chi connectivity index (χ4n) is 4.39. The molecule has 0 fully saturated rings. The van der Waals surface area contributed by atoms with Crippen LogP contribution in [0.3, 0.4) is 0 Å². The summed E-state index contributed by atoms with van der Waals surface area (Å²) in [5.74, 6) is 2.66. The van der Waals surface area contributed by atoms with Crippen molar-refractivity contribution in [1.29, 1.82) is 0 Å². The van der Waals surface area contributed by atoms with Crippen molar-refractivity contribution in [2.45, 2.75) is 25.9 Å². The van der Waals surface area contributed by atoms with Crippen molar-refractivity contribution in [3.63, 3.8) is 0 Å². The standard InChI is InChI=1S/C32H30ClN3O5.2ClH/c1-36-29-18-27(41-25-11-8-24(34)9-12-25)13-14-28(29)35-31(36)16-17-39-26-10-4-22(5-15-32(37)38)30(19-26)40-20-21-2-6-23(33)7-3-21;;/h2-4,6-14,18-19H,5,15-17,20,34H2,1H3,(H,37,38);2*1H. The SMILES string of the molecule is Cl.Cl.Cn1c(CCOc2ccc(CCC(=O)O)c(OCc3ccc(Cl)cc3)c2)nc2ccc(Oc3ccc(N)cc3)cc21. The van der Waals surface area contributed by atoms with Crippen LogP contribution >= 0.6 is 36.4 Å². The molecule has 0 saturated carbocycles. The van der Waals surface area contributed by atoms with Crippen molar-refractivity contribution < 1.29 is 24.1 Å². The zero-order chi connectivity index (χ0) is 28.8. The van der Waals surface area contributed by atoms with Crippen molar-refractivity contribution in [3.8, 4) is 23.0 Å². The van der Waals surface area contributed by atoms with Gasteiger partial charge in [0.05, 0.1) is 17.6 Å². The quantitative estimate of drug-likeness (QED) is 0.134. The molecule has 0 aliphatic heterocycles. The summed E-state index contributed by atoms with van der Waals surface area (Å²) in [6.07, 6.45) is 0.952. The molecule has 5 aromatic rings. The van der Waals surface area contributed by atoms with E-state index in [0.29, 0.717) is 59.8 Å². The lowest BCUT2D eigenvalue weighted by atomic mass is 10.1. The number of ether oxygens (including phenoxy) is 3. The van der Waals surface area contributed by atoms with E-state index < -0.39 is 5.97 Å². The summed E-state index contributed by atoms with van der Waals surface area (Å²) in [6.45, 7) is 0.724. The molecule has 0 aliphatic rings. The lowest BCUT2D eigenvalue weighted by Crippen LogP contribution is -2.07. The molecule has 226 valence electrons. The Morgan fingerprint density at radius 3 is 2.30 bits per heavy atom. The molecule has 1 heterocycles. The molecule has 3 N–H and O–H groups in total. The van der Waals surface area contributed by atoms with Gasteiger partial charge in [0.25, 0.3) is 0 Å². The van der Waals surface area contributed by atoms with Gasteiger partial charge in [-0.25, -0.2) is 4.98 Å². The van der Waals surface area contributed by atoms with Gasteiger partial charge in [-0.05, 0) is 72.1 Å². The number of nitrogens with two attached hydrogens (primary N) is 1. The highest BCUT2D eigenvalue weighted by Gasteiger charge is 2.12. The number of carbonyl (C=O) groups is 1. The van der Waals surface area contributed by atoms with Crippen molar-refractivity contribution >= 4 is 59.1 Å². The number of carboxylic acids is 1. The number of hydrogen-bond acceptors (Lipinski definition) is 6. The molecule has 1 aromatic heterocycles. The summed E-state index contributed by atoms with van der Waals surface area (Å²) in [7, 11) is 1.97. The molecule has 0 unspecified atom stereocenters. The summed E-state index contributed by atoms with van der Waals surface area (Å²) in [5, 5.41) is 9.80. The molecule has 4 aromatic carbocycles. The van der Waals surface area contributed by atoms with Gasteiger partial charge < -0.3 is 29.6 Å². The Bertz CT molecular complexity index is 1660. The lowest BCUT2D eigenvalue weighted by molar-refractivity contribution is -0.136. The lowest BCUT2D eigenvalue weighted by Gasteiger charge is -2.14. The fraction of sp³-hybridized carbons (Fsp3) is 0.188. The number of rotatable bonds is 12. The van der Waals surface area contributed by atoms with Crippen molar-refractivity contribution in [2.24, 2.45) is 7.05 Å². The topological polar surface area (TPSA) is 109 Å². The number of imidazole rings is 1. The fourth-order valence-corrected chi connectivity index (χ4v) is 4.51. The Hall–Kier alpha value is -4.11. The van der Waals surface area contributed by atoms with E-state index in [1.807, 2.05) is 72.3 Å². The van der Waals surface area contributed by atoms with Crippen LogP contribution in [-0.2, 0) is 31.3 Å². The number of aliphatic carboxylic acids is 1. The van der Waals surface area contributed by atoms with E-state index in [0.717, 1.165) is 28.0 Å². The maximum Gasteiger partial charge on any atom is 0.303 e. The first-order valence-electron chi connectivity index (χ1n) is 13.2. The first-order valence-corrected chi connectivity index (χ1v) is 13.6. The summed E-state index contributed by atoms with van der Waals surface area (Å²) >= 11 is 5.98. The van der Waals surface area contributed by atoms with Crippen LogP contribution in [0.4, 0.5) is 5.69 Å². The van der Waals surface area contributed by atoms with Gasteiger partial charge in [0, 0.05) is 42.7 Å². The van der Waals surface area contributed by atoms with E-state index in [2.05, 4.69) is 0 Å². The third-order valence-electron chi connectivity index (χ3n) is 6.61. The first-order chi connectivity index (χ1) is 19.8. The van der Waals surface area contributed by atoms with E-state index in [1.165, 1.54) is 0 Å². The van der Waals surface area contributed by atoms with Gasteiger partial charge in [0.2, 0.25) is 0 Å². The van der Waals surface area contributed by atoms with Gasteiger partial charge in [0.15, 0.2) is 0 Å². The second-order valence-corrected chi connectivity index (χ2v) is 10.0. The predicted molar refractivity (Wildman–Crippen MR) is 174 cm³/mol. The van der Waals surface area contributed by atoms with Gasteiger partial charge >= 0.3 is 5.97 Å². The molecule has 0 radical (unpaired) electrons. The minimum absolute atomic E-state index is 0. The number of halogens is 3. The molecule has 0 spiro atoms. The number of fused-ring (bicyclic) bond motifs is 1. The Morgan fingerprint density at radius 1 is 0.884 bits per heavy atom. The molecule has 0 amide bonds. The number of carboxylic acid groups (broad SMARTS) is 1. The molecule has 8 nitrogen and oxygen atoms in total. The Kier molecular flexibility index (Phi) is 11.9. The number of aromatic nitrogens is 2. The van der Waals surface area contributed by atoms with E-state index in [1.54, 1.807) is 24.3 Å². The highest BCUT2D eigenvalue weighted by Crippen LogP contribution is 2.29. The third kappa shape index (κ3) is 8.94. The molecule has 0 saturated heterocycles. The highest BCUT2D eigenvalue weighted by molar-refractivity contribution is 6.30.